The van der Waals surface area contributed by atoms with Crippen LogP contribution in [0.2, 0.25) is 0 Å². The van der Waals surface area contributed by atoms with Crippen LogP contribution in [0.1, 0.15) is 49.0 Å². The van der Waals surface area contributed by atoms with Crippen molar-refractivity contribution in [2.24, 2.45) is 5.73 Å². The average molecular weight is 291 g/mol. The summed E-state index contributed by atoms with van der Waals surface area (Å²) < 4.78 is 0. The molecule has 0 spiro atoms. The fourth-order valence-corrected chi connectivity index (χ4v) is 2.37. The second kappa shape index (κ2) is 10.4. The Morgan fingerprint density at radius 3 is 2.24 bits per heavy atom. The molecule has 4 nitrogen and oxygen atoms in total. The summed E-state index contributed by atoms with van der Waals surface area (Å²) in [4.78, 5) is 14.4. The summed E-state index contributed by atoms with van der Waals surface area (Å²) in [5, 5.41) is 2.98. The van der Waals surface area contributed by atoms with Crippen LogP contribution in [0.3, 0.4) is 0 Å². The van der Waals surface area contributed by atoms with Gasteiger partial charge in [0.2, 0.25) is 0 Å². The van der Waals surface area contributed by atoms with E-state index in [0.29, 0.717) is 12.1 Å². The predicted molar refractivity (Wildman–Crippen MR) is 88.3 cm³/mol. The van der Waals surface area contributed by atoms with Gasteiger partial charge in [-0.3, -0.25) is 4.79 Å². The number of carbonyl (C=O) groups is 1. The number of benzene rings is 1. The third-order valence-corrected chi connectivity index (χ3v) is 3.47. The number of hydrogen-bond acceptors (Lipinski definition) is 3. The van der Waals surface area contributed by atoms with Crippen LogP contribution in [0.4, 0.5) is 0 Å². The molecular weight excluding hydrogens is 262 g/mol. The van der Waals surface area contributed by atoms with E-state index in [4.69, 9.17) is 5.73 Å². The van der Waals surface area contributed by atoms with Crippen LogP contribution in [-0.2, 0) is 6.54 Å². The van der Waals surface area contributed by atoms with Crippen molar-refractivity contribution in [3.63, 3.8) is 0 Å². The van der Waals surface area contributed by atoms with Crippen LogP contribution >= 0.6 is 0 Å². The maximum atomic E-state index is 12.0. The van der Waals surface area contributed by atoms with E-state index in [2.05, 4.69) is 24.1 Å². The number of hydrogen-bond donors (Lipinski definition) is 2. The summed E-state index contributed by atoms with van der Waals surface area (Å²) in [6, 6.07) is 7.47. The molecule has 0 aliphatic heterocycles. The van der Waals surface area contributed by atoms with Crippen molar-refractivity contribution >= 4 is 5.91 Å². The van der Waals surface area contributed by atoms with Crippen molar-refractivity contribution in [2.45, 2.75) is 39.7 Å². The number of nitrogens with one attached hydrogen (secondary N) is 1. The fraction of sp³-hybridized carbons (Fsp3) is 0.588. The molecule has 0 saturated heterocycles. The molecule has 3 N–H and O–H groups in total. The maximum absolute atomic E-state index is 12.0. The van der Waals surface area contributed by atoms with Crippen LogP contribution in [0.25, 0.3) is 0 Å². The predicted octanol–water partition coefficient (Wildman–Crippen LogP) is 2.39. The van der Waals surface area contributed by atoms with Crippen LogP contribution in [-0.4, -0.2) is 37.0 Å². The summed E-state index contributed by atoms with van der Waals surface area (Å²) >= 11 is 0. The molecule has 0 radical (unpaired) electrons. The van der Waals surface area contributed by atoms with Crippen LogP contribution in [0.5, 0.6) is 0 Å². The Hall–Kier alpha value is -1.39. The number of nitrogens with zero attached hydrogens (tertiary/aromatic N) is 1. The Morgan fingerprint density at radius 1 is 1.10 bits per heavy atom. The van der Waals surface area contributed by atoms with E-state index in [1.807, 2.05) is 24.3 Å². The van der Waals surface area contributed by atoms with Gasteiger partial charge in [0.05, 0.1) is 0 Å². The van der Waals surface area contributed by atoms with Crippen molar-refractivity contribution in [2.75, 3.05) is 26.2 Å². The largest absolute Gasteiger partial charge is 0.352 e. The standard InChI is InChI=1S/C17H29N3O/c1-3-11-20(12-4-2)13-5-10-19-17(21)16-8-6-15(14-18)7-9-16/h6-9H,3-5,10-14,18H2,1-2H3,(H,19,21). The summed E-state index contributed by atoms with van der Waals surface area (Å²) in [6.45, 7) is 8.97. The molecule has 0 unspecified atom stereocenters. The molecule has 21 heavy (non-hydrogen) atoms. The number of nitrogens with two attached hydrogens (primary N) is 1. The Labute approximate surface area is 128 Å². The fourth-order valence-electron chi connectivity index (χ4n) is 2.37. The van der Waals surface area contributed by atoms with Gasteiger partial charge >= 0.3 is 0 Å². The topological polar surface area (TPSA) is 58.4 Å². The highest BCUT2D eigenvalue weighted by atomic mass is 16.1. The van der Waals surface area contributed by atoms with Crippen molar-refractivity contribution < 1.29 is 4.79 Å². The Balaban J connectivity index is 2.28. The molecule has 1 amide bonds. The normalized spacial score (nSPS) is 10.9. The van der Waals surface area contributed by atoms with E-state index >= 15 is 0 Å². The minimum absolute atomic E-state index is 0.00361. The lowest BCUT2D eigenvalue weighted by molar-refractivity contribution is 0.0951. The van der Waals surface area contributed by atoms with Crippen LogP contribution in [0.15, 0.2) is 24.3 Å². The molecule has 0 aliphatic rings. The summed E-state index contributed by atoms with van der Waals surface area (Å²) in [5.41, 5.74) is 7.29. The van der Waals surface area contributed by atoms with Gasteiger partial charge in [0.25, 0.3) is 5.91 Å². The molecule has 4 heteroatoms. The van der Waals surface area contributed by atoms with Gasteiger partial charge < -0.3 is 16.0 Å². The third-order valence-electron chi connectivity index (χ3n) is 3.47. The lowest BCUT2D eigenvalue weighted by Gasteiger charge is -2.20. The molecule has 0 aliphatic carbocycles. The van der Waals surface area contributed by atoms with Crippen molar-refractivity contribution in [1.82, 2.24) is 10.2 Å². The quantitative estimate of drug-likeness (QED) is 0.651. The highest BCUT2D eigenvalue weighted by molar-refractivity contribution is 5.94. The van der Waals surface area contributed by atoms with Gasteiger partial charge in [-0.05, 0) is 56.6 Å². The van der Waals surface area contributed by atoms with Crippen molar-refractivity contribution in [1.29, 1.82) is 0 Å². The first-order valence-corrected chi connectivity index (χ1v) is 8.00. The second-order valence-electron chi connectivity index (χ2n) is 5.35. The molecule has 1 rings (SSSR count). The average Bonchev–Trinajstić information content (AvgIpc) is 2.51. The number of rotatable bonds is 10. The summed E-state index contributed by atoms with van der Waals surface area (Å²) in [6.07, 6.45) is 3.35. The Morgan fingerprint density at radius 2 is 1.71 bits per heavy atom. The number of carbonyl (C=O) groups excluding carboxylic acids is 1. The van der Waals surface area contributed by atoms with E-state index < -0.39 is 0 Å². The van der Waals surface area contributed by atoms with E-state index in [1.165, 1.54) is 12.8 Å². The molecule has 0 aromatic heterocycles. The highest BCUT2D eigenvalue weighted by Crippen LogP contribution is 2.03. The first-order valence-electron chi connectivity index (χ1n) is 8.00. The van der Waals surface area contributed by atoms with Crippen LogP contribution in [0, 0.1) is 0 Å². The lowest BCUT2D eigenvalue weighted by atomic mass is 10.1. The second-order valence-corrected chi connectivity index (χ2v) is 5.35. The minimum atomic E-state index is -0.00361. The first kappa shape index (κ1) is 17.7. The minimum Gasteiger partial charge on any atom is -0.352 e. The molecule has 1 aromatic carbocycles. The summed E-state index contributed by atoms with van der Waals surface area (Å²) in [5.74, 6) is -0.00361. The Kier molecular flexibility index (Phi) is 8.71. The van der Waals surface area contributed by atoms with Crippen molar-refractivity contribution in [3.8, 4) is 0 Å². The zero-order valence-corrected chi connectivity index (χ0v) is 13.4. The molecule has 118 valence electrons. The first-order chi connectivity index (χ1) is 10.2. The molecule has 1 aromatic rings. The van der Waals surface area contributed by atoms with Gasteiger partial charge in [0.15, 0.2) is 0 Å². The third kappa shape index (κ3) is 6.74. The van der Waals surface area contributed by atoms with Gasteiger partial charge in [-0.1, -0.05) is 26.0 Å². The summed E-state index contributed by atoms with van der Waals surface area (Å²) in [7, 11) is 0. The zero-order chi connectivity index (χ0) is 15.5. The van der Waals surface area contributed by atoms with E-state index in [-0.39, 0.29) is 5.91 Å². The van der Waals surface area contributed by atoms with Gasteiger partial charge in [-0.2, -0.15) is 0 Å². The smallest absolute Gasteiger partial charge is 0.251 e. The molecular formula is C17H29N3O. The molecule has 0 fully saturated rings. The molecule has 0 saturated carbocycles. The van der Waals surface area contributed by atoms with E-state index in [1.54, 1.807) is 0 Å². The van der Waals surface area contributed by atoms with Gasteiger partial charge in [-0.15, -0.1) is 0 Å². The van der Waals surface area contributed by atoms with Crippen molar-refractivity contribution in [3.05, 3.63) is 35.4 Å². The monoisotopic (exact) mass is 291 g/mol. The van der Waals surface area contributed by atoms with Gasteiger partial charge in [0.1, 0.15) is 0 Å². The Bertz CT molecular complexity index is 397. The van der Waals surface area contributed by atoms with Gasteiger partial charge in [-0.25, -0.2) is 0 Å². The maximum Gasteiger partial charge on any atom is 0.251 e. The zero-order valence-electron chi connectivity index (χ0n) is 13.4. The van der Waals surface area contributed by atoms with E-state index in [9.17, 15) is 4.79 Å². The van der Waals surface area contributed by atoms with E-state index in [0.717, 1.165) is 38.2 Å². The molecule has 0 atom stereocenters. The molecule has 0 heterocycles. The lowest BCUT2D eigenvalue weighted by Crippen LogP contribution is -2.31. The molecule has 0 bridgehead atoms. The SMILES string of the molecule is CCCN(CCC)CCCNC(=O)c1ccc(CN)cc1. The number of amides is 1. The van der Waals surface area contributed by atoms with Gasteiger partial charge in [0, 0.05) is 18.7 Å². The van der Waals surface area contributed by atoms with Crippen LogP contribution < -0.4 is 11.1 Å². The highest BCUT2D eigenvalue weighted by Gasteiger charge is 2.06.